The van der Waals surface area contributed by atoms with Gasteiger partial charge in [0.2, 0.25) is 0 Å². The van der Waals surface area contributed by atoms with E-state index in [1.807, 2.05) is 19.1 Å². The molecule has 2 atom stereocenters. The van der Waals surface area contributed by atoms with Crippen molar-refractivity contribution in [3.63, 3.8) is 0 Å². The molecule has 0 spiro atoms. The van der Waals surface area contributed by atoms with Crippen molar-refractivity contribution in [2.75, 3.05) is 0 Å². The Morgan fingerprint density at radius 2 is 2.00 bits per heavy atom. The topological polar surface area (TPSA) is 44.0 Å². The van der Waals surface area contributed by atoms with E-state index in [2.05, 4.69) is 6.07 Å². The Hall–Kier alpha value is -1.04. The molecule has 0 aliphatic rings. The molecule has 2 nitrogen and oxygen atoms in total. The first kappa shape index (κ1) is 13.0. The maximum absolute atomic E-state index is 10.2. The van der Waals surface area contributed by atoms with E-state index in [1.54, 1.807) is 19.1 Å². The Bertz CT molecular complexity index is 378. The van der Waals surface area contributed by atoms with E-state index in [1.165, 1.54) is 0 Å². The lowest BCUT2D eigenvalue weighted by atomic mass is 9.83. The third-order valence-corrected chi connectivity index (χ3v) is 3.04. The number of benzene rings is 1. The van der Waals surface area contributed by atoms with E-state index in [0.717, 1.165) is 5.56 Å². The van der Waals surface area contributed by atoms with Crippen LogP contribution >= 0.6 is 11.6 Å². The van der Waals surface area contributed by atoms with Gasteiger partial charge in [0.05, 0.1) is 17.6 Å². The van der Waals surface area contributed by atoms with E-state index >= 15 is 0 Å². The van der Waals surface area contributed by atoms with Crippen molar-refractivity contribution in [3.05, 3.63) is 34.9 Å². The third-order valence-electron chi connectivity index (χ3n) is 2.79. The first-order chi connectivity index (χ1) is 7.49. The average molecular weight is 238 g/mol. The van der Waals surface area contributed by atoms with Crippen molar-refractivity contribution in [3.8, 4) is 6.07 Å². The molecule has 0 saturated heterocycles. The Balaban J connectivity index is 2.80. The number of nitrogens with zero attached hydrogens (tertiary/aromatic N) is 1. The Labute approximate surface area is 101 Å². The molecule has 0 fully saturated rings. The zero-order chi connectivity index (χ0) is 12.2. The van der Waals surface area contributed by atoms with Crippen molar-refractivity contribution >= 4 is 11.6 Å². The highest BCUT2D eigenvalue weighted by Crippen LogP contribution is 2.25. The minimum atomic E-state index is -0.989. The van der Waals surface area contributed by atoms with Gasteiger partial charge in [-0.1, -0.05) is 30.7 Å². The summed E-state index contributed by atoms with van der Waals surface area (Å²) < 4.78 is 0. The SMILES string of the molecule is CCC(C#N)C(C)(O)Cc1ccc(Cl)cc1. The second kappa shape index (κ2) is 5.34. The first-order valence-electron chi connectivity index (χ1n) is 5.36. The van der Waals surface area contributed by atoms with Crippen LogP contribution in [-0.2, 0) is 6.42 Å². The highest BCUT2D eigenvalue weighted by atomic mass is 35.5. The summed E-state index contributed by atoms with van der Waals surface area (Å²) in [6.07, 6.45) is 1.12. The van der Waals surface area contributed by atoms with E-state index in [9.17, 15) is 5.11 Å². The minimum Gasteiger partial charge on any atom is -0.388 e. The predicted octanol–water partition coefficient (Wildman–Crippen LogP) is 3.18. The molecule has 1 N–H and O–H groups in total. The van der Waals surface area contributed by atoms with Gasteiger partial charge in [-0.3, -0.25) is 0 Å². The second-order valence-corrected chi connectivity index (χ2v) is 4.69. The maximum atomic E-state index is 10.2. The molecule has 0 aromatic heterocycles. The molecule has 0 amide bonds. The van der Waals surface area contributed by atoms with Crippen LogP contribution < -0.4 is 0 Å². The van der Waals surface area contributed by atoms with Gasteiger partial charge in [-0.15, -0.1) is 0 Å². The molecule has 0 bridgehead atoms. The Kier molecular flexibility index (Phi) is 4.35. The van der Waals surface area contributed by atoms with Crippen molar-refractivity contribution in [1.82, 2.24) is 0 Å². The number of rotatable bonds is 4. The molecule has 0 aliphatic heterocycles. The number of hydrogen-bond donors (Lipinski definition) is 1. The lowest BCUT2D eigenvalue weighted by molar-refractivity contribution is 0.0198. The van der Waals surface area contributed by atoms with E-state index in [-0.39, 0.29) is 5.92 Å². The lowest BCUT2D eigenvalue weighted by Gasteiger charge is -2.27. The van der Waals surface area contributed by atoms with Gasteiger partial charge < -0.3 is 5.11 Å². The van der Waals surface area contributed by atoms with Gasteiger partial charge in [-0.05, 0) is 31.0 Å². The Morgan fingerprint density at radius 3 is 2.44 bits per heavy atom. The summed E-state index contributed by atoms with van der Waals surface area (Å²) in [6, 6.07) is 9.48. The normalized spacial score (nSPS) is 16.2. The quantitative estimate of drug-likeness (QED) is 0.874. The van der Waals surface area contributed by atoms with Crippen LogP contribution in [0.3, 0.4) is 0 Å². The fourth-order valence-corrected chi connectivity index (χ4v) is 1.93. The van der Waals surface area contributed by atoms with Gasteiger partial charge >= 0.3 is 0 Å². The summed E-state index contributed by atoms with van der Waals surface area (Å²) in [6.45, 7) is 3.61. The van der Waals surface area contributed by atoms with Crippen LogP contribution in [0.2, 0.25) is 5.02 Å². The van der Waals surface area contributed by atoms with Crippen LogP contribution in [0.1, 0.15) is 25.8 Å². The molecule has 0 saturated carbocycles. The number of aliphatic hydroxyl groups is 1. The van der Waals surface area contributed by atoms with Crippen molar-refractivity contribution in [2.45, 2.75) is 32.3 Å². The van der Waals surface area contributed by atoms with Gasteiger partial charge in [-0.25, -0.2) is 0 Å². The van der Waals surface area contributed by atoms with Crippen LogP contribution in [0, 0.1) is 17.2 Å². The zero-order valence-corrected chi connectivity index (χ0v) is 10.3. The lowest BCUT2D eigenvalue weighted by Crippen LogP contribution is -2.35. The fraction of sp³-hybridized carbons (Fsp3) is 0.462. The minimum absolute atomic E-state index is 0.344. The summed E-state index contributed by atoms with van der Waals surface area (Å²) >= 11 is 5.79. The van der Waals surface area contributed by atoms with Crippen LogP contribution in [0.25, 0.3) is 0 Å². The molecular formula is C13H16ClNO. The monoisotopic (exact) mass is 237 g/mol. The molecule has 1 rings (SSSR count). The van der Waals surface area contributed by atoms with Crippen LogP contribution in [0.5, 0.6) is 0 Å². The molecule has 1 aromatic carbocycles. The molecule has 86 valence electrons. The van der Waals surface area contributed by atoms with Gasteiger partial charge in [-0.2, -0.15) is 5.26 Å². The molecule has 3 heteroatoms. The fourth-order valence-electron chi connectivity index (χ4n) is 1.81. The van der Waals surface area contributed by atoms with E-state index in [0.29, 0.717) is 17.9 Å². The molecule has 16 heavy (non-hydrogen) atoms. The third kappa shape index (κ3) is 3.23. The van der Waals surface area contributed by atoms with E-state index < -0.39 is 5.60 Å². The second-order valence-electron chi connectivity index (χ2n) is 4.25. The zero-order valence-electron chi connectivity index (χ0n) is 9.57. The van der Waals surface area contributed by atoms with Gasteiger partial charge in [0.1, 0.15) is 0 Å². The molecule has 2 unspecified atom stereocenters. The molecule has 0 heterocycles. The van der Waals surface area contributed by atoms with Crippen molar-refractivity contribution < 1.29 is 5.11 Å². The summed E-state index contributed by atoms with van der Waals surface area (Å²) in [4.78, 5) is 0. The Morgan fingerprint density at radius 1 is 1.44 bits per heavy atom. The molecule has 0 aliphatic carbocycles. The first-order valence-corrected chi connectivity index (χ1v) is 5.74. The van der Waals surface area contributed by atoms with E-state index in [4.69, 9.17) is 16.9 Å². The number of halogens is 1. The average Bonchev–Trinajstić information content (AvgIpc) is 2.22. The van der Waals surface area contributed by atoms with Crippen LogP contribution in [0.15, 0.2) is 24.3 Å². The van der Waals surface area contributed by atoms with Gasteiger partial charge in [0, 0.05) is 11.4 Å². The van der Waals surface area contributed by atoms with Gasteiger partial charge in [0.25, 0.3) is 0 Å². The number of nitriles is 1. The van der Waals surface area contributed by atoms with Crippen LogP contribution in [-0.4, -0.2) is 10.7 Å². The standard InChI is InChI=1S/C13H16ClNO/c1-3-11(9-15)13(2,16)8-10-4-6-12(14)7-5-10/h4-7,11,16H,3,8H2,1-2H3. The highest BCUT2D eigenvalue weighted by Gasteiger charge is 2.30. The molecule has 0 radical (unpaired) electrons. The van der Waals surface area contributed by atoms with Crippen molar-refractivity contribution in [1.29, 1.82) is 5.26 Å². The number of hydrogen-bond acceptors (Lipinski definition) is 2. The summed E-state index contributed by atoms with van der Waals surface area (Å²) in [5.74, 6) is -0.344. The highest BCUT2D eigenvalue weighted by molar-refractivity contribution is 6.30. The predicted molar refractivity (Wildman–Crippen MR) is 65.2 cm³/mol. The molecular weight excluding hydrogens is 222 g/mol. The summed E-state index contributed by atoms with van der Waals surface area (Å²) in [5, 5.41) is 19.9. The maximum Gasteiger partial charge on any atom is 0.0817 e. The van der Waals surface area contributed by atoms with Crippen LogP contribution in [0.4, 0.5) is 0 Å². The summed E-state index contributed by atoms with van der Waals surface area (Å²) in [7, 11) is 0. The summed E-state index contributed by atoms with van der Waals surface area (Å²) in [5.41, 5.74) is 0.000221. The van der Waals surface area contributed by atoms with Crippen molar-refractivity contribution in [2.24, 2.45) is 5.92 Å². The largest absolute Gasteiger partial charge is 0.388 e. The smallest absolute Gasteiger partial charge is 0.0817 e. The molecule has 1 aromatic rings. The van der Waals surface area contributed by atoms with Gasteiger partial charge in [0.15, 0.2) is 0 Å².